The Bertz CT molecular complexity index is 531. The molecule has 2 rings (SSSR count). The molecule has 0 radical (unpaired) electrons. The highest BCUT2D eigenvalue weighted by atomic mass is 16.6. The SMILES string of the molecule is COCC1CCN(c2cc(C(=O)O)ccc2[N+](=O)[O-])C1. The van der Waals surface area contributed by atoms with Crippen molar-refractivity contribution in [3.05, 3.63) is 33.9 Å². The number of rotatable bonds is 5. The van der Waals surface area contributed by atoms with Crippen LogP contribution in [0.25, 0.3) is 0 Å². The van der Waals surface area contributed by atoms with E-state index >= 15 is 0 Å². The molecule has 0 bridgehead atoms. The maximum absolute atomic E-state index is 11.1. The number of carboxylic acid groups (broad SMARTS) is 1. The number of hydrogen-bond donors (Lipinski definition) is 1. The van der Waals surface area contributed by atoms with E-state index in [1.54, 1.807) is 7.11 Å². The summed E-state index contributed by atoms with van der Waals surface area (Å²) >= 11 is 0. The molecule has 1 fully saturated rings. The molecule has 0 amide bonds. The van der Waals surface area contributed by atoms with E-state index in [4.69, 9.17) is 9.84 Å². The van der Waals surface area contributed by atoms with E-state index in [9.17, 15) is 14.9 Å². The third kappa shape index (κ3) is 2.88. The van der Waals surface area contributed by atoms with Crippen LogP contribution in [0.2, 0.25) is 0 Å². The summed E-state index contributed by atoms with van der Waals surface area (Å²) in [4.78, 5) is 23.5. The molecule has 1 atom stereocenters. The van der Waals surface area contributed by atoms with Crippen molar-refractivity contribution in [2.24, 2.45) is 5.92 Å². The topological polar surface area (TPSA) is 92.9 Å². The van der Waals surface area contributed by atoms with Crippen molar-refractivity contribution in [3.63, 3.8) is 0 Å². The number of ether oxygens (including phenoxy) is 1. The largest absolute Gasteiger partial charge is 0.478 e. The molecule has 7 nitrogen and oxygen atoms in total. The van der Waals surface area contributed by atoms with Gasteiger partial charge in [0.15, 0.2) is 0 Å². The molecule has 20 heavy (non-hydrogen) atoms. The Morgan fingerprint density at radius 3 is 2.95 bits per heavy atom. The minimum absolute atomic E-state index is 0.0563. The number of carboxylic acids is 1. The number of aromatic carboxylic acids is 1. The van der Waals surface area contributed by atoms with Crippen molar-refractivity contribution in [3.8, 4) is 0 Å². The lowest BCUT2D eigenvalue weighted by Gasteiger charge is -2.19. The number of benzene rings is 1. The standard InChI is InChI=1S/C13H16N2O5/c1-20-8-9-4-5-14(7-9)12-6-10(13(16)17)2-3-11(12)15(18)19/h2-3,6,9H,4-5,7-8H2,1H3,(H,16,17). The second-order valence-electron chi connectivity index (χ2n) is 4.82. The summed E-state index contributed by atoms with van der Waals surface area (Å²) in [5, 5.41) is 20.1. The van der Waals surface area contributed by atoms with Gasteiger partial charge in [-0.2, -0.15) is 0 Å². The fourth-order valence-corrected chi connectivity index (χ4v) is 2.49. The first kappa shape index (κ1) is 14.3. The summed E-state index contributed by atoms with van der Waals surface area (Å²) in [7, 11) is 1.62. The molecular weight excluding hydrogens is 264 g/mol. The molecule has 1 saturated heterocycles. The van der Waals surface area contributed by atoms with Gasteiger partial charge in [-0.15, -0.1) is 0 Å². The van der Waals surface area contributed by atoms with Crippen LogP contribution in [-0.2, 0) is 4.74 Å². The maximum Gasteiger partial charge on any atom is 0.335 e. The van der Waals surface area contributed by atoms with Crippen LogP contribution in [0.15, 0.2) is 18.2 Å². The molecule has 0 aromatic heterocycles. The molecule has 108 valence electrons. The highest BCUT2D eigenvalue weighted by molar-refractivity contribution is 5.90. The van der Waals surface area contributed by atoms with Crippen molar-refractivity contribution in [1.29, 1.82) is 0 Å². The molecule has 0 saturated carbocycles. The average Bonchev–Trinajstić information content (AvgIpc) is 2.86. The van der Waals surface area contributed by atoms with E-state index in [1.807, 2.05) is 4.90 Å². The van der Waals surface area contributed by atoms with E-state index in [0.717, 1.165) is 6.42 Å². The number of hydrogen-bond acceptors (Lipinski definition) is 5. The Hall–Kier alpha value is -2.15. The van der Waals surface area contributed by atoms with Gasteiger partial charge < -0.3 is 14.7 Å². The Kier molecular flexibility index (Phi) is 4.19. The Morgan fingerprint density at radius 1 is 1.60 bits per heavy atom. The van der Waals surface area contributed by atoms with Crippen LogP contribution in [0.1, 0.15) is 16.8 Å². The van der Waals surface area contributed by atoms with Gasteiger partial charge in [-0.25, -0.2) is 4.79 Å². The molecule has 1 aliphatic rings. The van der Waals surface area contributed by atoms with Crippen LogP contribution >= 0.6 is 0 Å². The van der Waals surface area contributed by atoms with Gasteiger partial charge in [-0.3, -0.25) is 10.1 Å². The van der Waals surface area contributed by atoms with Gasteiger partial charge in [0, 0.05) is 32.2 Å². The lowest BCUT2D eigenvalue weighted by molar-refractivity contribution is -0.384. The monoisotopic (exact) mass is 280 g/mol. The van der Waals surface area contributed by atoms with E-state index in [-0.39, 0.29) is 11.3 Å². The molecule has 0 aliphatic carbocycles. The zero-order chi connectivity index (χ0) is 14.7. The minimum atomic E-state index is -1.09. The van der Waals surface area contributed by atoms with Crippen molar-refractivity contribution in [2.45, 2.75) is 6.42 Å². The normalized spacial score (nSPS) is 18.2. The van der Waals surface area contributed by atoms with Gasteiger partial charge in [-0.1, -0.05) is 0 Å². The first-order valence-corrected chi connectivity index (χ1v) is 6.28. The van der Waals surface area contributed by atoms with Crippen LogP contribution in [0, 0.1) is 16.0 Å². The highest BCUT2D eigenvalue weighted by Gasteiger charge is 2.28. The fraction of sp³-hybridized carbons (Fsp3) is 0.462. The van der Waals surface area contributed by atoms with Gasteiger partial charge >= 0.3 is 5.97 Å². The van der Waals surface area contributed by atoms with Gasteiger partial charge in [0.05, 0.1) is 17.1 Å². The molecule has 1 N–H and O–H groups in total. The average molecular weight is 280 g/mol. The third-order valence-corrected chi connectivity index (χ3v) is 3.45. The Balaban J connectivity index is 2.31. The molecule has 1 unspecified atom stereocenters. The zero-order valence-electron chi connectivity index (χ0n) is 11.1. The summed E-state index contributed by atoms with van der Waals surface area (Å²) in [6, 6.07) is 3.88. The van der Waals surface area contributed by atoms with Crippen LogP contribution in [-0.4, -0.2) is 42.8 Å². The smallest absolute Gasteiger partial charge is 0.335 e. The molecule has 1 aliphatic heterocycles. The second kappa shape index (κ2) is 5.87. The third-order valence-electron chi connectivity index (χ3n) is 3.45. The molecule has 1 aromatic rings. The number of nitro benzene ring substituents is 1. The van der Waals surface area contributed by atoms with Gasteiger partial charge in [-0.05, 0) is 18.6 Å². The first-order chi connectivity index (χ1) is 9.52. The van der Waals surface area contributed by atoms with E-state index < -0.39 is 10.9 Å². The van der Waals surface area contributed by atoms with Crippen molar-refractivity contribution < 1.29 is 19.6 Å². The molecule has 0 spiro atoms. The molecule has 7 heteroatoms. The van der Waals surface area contributed by atoms with Gasteiger partial charge in [0.25, 0.3) is 5.69 Å². The summed E-state index contributed by atoms with van der Waals surface area (Å²) < 4.78 is 5.09. The molecule has 1 aromatic carbocycles. The van der Waals surface area contributed by atoms with E-state index in [0.29, 0.717) is 31.3 Å². The zero-order valence-corrected chi connectivity index (χ0v) is 11.1. The van der Waals surface area contributed by atoms with E-state index in [1.165, 1.54) is 18.2 Å². The predicted molar refractivity (Wildman–Crippen MR) is 72.3 cm³/mol. The molecule has 1 heterocycles. The summed E-state index contributed by atoms with van der Waals surface area (Å²) in [6.45, 7) is 1.90. The number of methoxy groups -OCH3 is 1. The maximum atomic E-state index is 11.1. The van der Waals surface area contributed by atoms with Crippen molar-refractivity contribution in [2.75, 3.05) is 31.7 Å². The summed E-state index contributed by atoms with van der Waals surface area (Å²) in [5.41, 5.74) is 0.363. The van der Waals surface area contributed by atoms with Crippen LogP contribution in [0.4, 0.5) is 11.4 Å². The summed E-state index contributed by atoms with van der Waals surface area (Å²) in [5.74, 6) is -0.776. The van der Waals surface area contributed by atoms with Crippen LogP contribution in [0.3, 0.4) is 0 Å². The van der Waals surface area contributed by atoms with Gasteiger partial charge in [0.2, 0.25) is 0 Å². The minimum Gasteiger partial charge on any atom is -0.478 e. The Labute approximate surface area is 115 Å². The number of carbonyl (C=O) groups is 1. The number of nitro groups is 1. The quantitative estimate of drug-likeness (QED) is 0.652. The first-order valence-electron chi connectivity index (χ1n) is 6.28. The molecular formula is C13H16N2O5. The van der Waals surface area contributed by atoms with E-state index in [2.05, 4.69) is 0 Å². The van der Waals surface area contributed by atoms with Crippen molar-refractivity contribution >= 4 is 17.3 Å². The Morgan fingerprint density at radius 2 is 2.35 bits per heavy atom. The lowest BCUT2D eigenvalue weighted by Crippen LogP contribution is -2.22. The lowest BCUT2D eigenvalue weighted by atomic mass is 10.1. The van der Waals surface area contributed by atoms with Gasteiger partial charge in [0.1, 0.15) is 5.69 Å². The van der Waals surface area contributed by atoms with Crippen LogP contribution < -0.4 is 4.90 Å². The van der Waals surface area contributed by atoms with Crippen LogP contribution in [0.5, 0.6) is 0 Å². The predicted octanol–water partition coefficient (Wildman–Crippen LogP) is 1.77. The van der Waals surface area contributed by atoms with Crippen molar-refractivity contribution in [1.82, 2.24) is 0 Å². The fourth-order valence-electron chi connectivity index (χ4n) is 2.49. The highest BCUT2D eigenvalue weighted by Crippen LogP contribution is 2.33. The summed E-state index contributed by atoms with van der Waals surface area (Å²) in [6.07, 6.45) is 0.877. The number of anilines is 1. The number of nitrogens with zero attached hydrogens (tertiary/aromatic N) is 2. The second-order valence-corrected chi connectivity index (χ2v) is 4.82.